The van der Waals surface area contributed by atoms with Crippen molar-refractivity contribution in [3.05, 3.63) is 30.1 Å². The van der Waals surface area contributed by atoms with Gasteiger partial charge >= 0.3 is 0 Å². The molecule has 0 amide bonds. The first-order valence-corrected chi connectivity index (χ1v) is 4.47. The average Bonchev–Trinajstić information content (AvgIpc) is 2.77. The normalized spacial score (nSPS) is 10.3. The minimum atomic E-state index is 0.305. The van der Waals surface area contributed by atoms with Crippen molar-refractivity contribution in [2.45, 2.75) is 6.54 Å². The molecule has 0 saturated heterocycles. The number of nitrogens with zero attached hydrogens (tertiary/aromatic N) is 4. The quantitative estimate of drug-likeness (QED) is 0.770. The van der Waals surface area contributed by atoms with E-state index in [9.17, 15) is 0 Å². The highest BCUT2D eigenvalue weighted by molar-refractivity contribution is 5.36. The van der Waals surface area contributed by atoms with Crippen LogP contribution in [-0.4, -0.2) is 27.3 Å². The van der Waals surface area contributed by atoms with Crippen LogP contribution in [0, 0.1) is 0 Å². The Kier molecular flexibility index (Phi) is 2.59. The fraction of sp³-hybridized carbons (Fsp3) is 0.222. The fourth-order valence-electron chi connectivity index (χ4n) is 1.26. The van der Waals surface area contributed by atoms with Gasteiger partial charge in [-0.25, -0.2) is 0 Å². The molecule has 78 valence electrons. The standard InChI is InChI=1S/C9H11N5O/c1-15-8-4-2-7(3-5-8)14-9(6-10)11-12-13-14/h2-5H,6,10H2,1H3. The van der Waals surface area contributed by atoms with Crippen molar-refractivity contribution in [1.29, 1.82) is 0 Å². The lowest BCUT2D eigenvalue weighted by atomic mass is 10.3. The molecule has 0 atom stereocenters. The van der Waals surface area contributed by atoms with Gasteiger partial charge in [-0.05, 0) is 34.7 Å². The van der Waals surface area contributed by atoms with Crippen molar-refractivity contribution in [1.82, 2.24) is 20.2 Å². The molecular formula is C9H11N5O. The topological polar surface area (TPSA) is 78.8 Å². The molecule has 2 aromatic rings. The van der Waals surface area contributed by atoms with Gasteiger partial charge in [0.2, 0.25) is 0 Å². The van der Waals surface area contributed by atoms with Crippen molar-refractivity contribution in [3.63, 3.8) is 0 Å². The molecule has 2 rings (SSSR count). The maximum Gasteiger partial charge on any atom is 0.170 e. The summed E-state index contributed by atoms with van der Waals surface area (Å²) < 4.78 is 6.65. The highest BCUT2D eigenvalue weighted by atomic mass is 16.5. The first kappa shape index (κ1) is 9.60. The molecule has 1 aromatic heterocycles. The zero-order chi connectivity index (χ0) is 10.7. The van der Waals surface area contributed by atoms with Crippen LogP contribution in [0.5, 0.6) is 5.75 Å². The van der Waals surface area contributed by atoms with Crippen LogP contribution < -0.4 is 10.5 Å². The largest absolute Gasteiger partial charge is 0.497 e. The van der Waals surface area contributed by atoms with E-state index in [1.807, 2.05) is 24.3 Å². The number of nitrogens with two attached hydrogens (primary N) is 1. The second-order valence-electron chi connectivity index (χ2n) is 2.91. The number of rotatable bonds is 3. The maximum absolute atomic E-state index is 5.50. The molecule has 0 unspecified atom stereocenters. The second kappa shape index (κ2) is 4.05. The predicted octanol–water partition coefficient (Wildman–Crippen LogP) is 0.130. The van der Waals surface area contributed by atoms with E-state index in [1.165, 1.54) is 0 Å². The summed E-state index contributed by atoms with van der Waals surface area (Å²) in [4.78, 5) is 0. The zero-order valence-corrected chi connectivity index (χ0v) is 8.29. The van der Waals surface area contributed by atoms with Crippen molar-refractivity contribution < 1.29 is 4.74 Å². The lowest BCUT2D eigenvalue weighted by Crippen LogP contribution is -2.07. The summed E-state index contributed by atoms with van der Waals surface area (Å²) in [6.07, 6.45) is 0. The van der Waals surface area contributed by atoms with Crippen LogP contribution in [0.15, 0.2) is 24.3 Å². The molecule has 0 radical (unpaired) electrons. The maximum atomic E-state index is 5.50. The highest BCUT2D eigenvalue weighted by Gasteiger charge is 2.05. The third-order valence-electron chi connectivity index (χ3n) is 2.03. The van der Waals surface area contributed by atoms with Gasteiger partial charge < -0.3 is 10.5 Å². The van der Waals surface area contributed by atoms with Crippen molar-refractivity contribution in [2.24, 2.45) is 5.73 Å². The zero-order valence-electron chi connectivity index (χ0n) is 8.29. The molecule has 6 nitrogen and oxygen atoms in total. The molecule has 0 saturated carbocycles. The molecule has 15 heavy (non-hydrogen) atoms. The summed E-state index contributed by atoms with van der Waals surface area (Å²) in [5.74, 6) is 1.42. The van der Waals surface area contributed by atoms with Crippen molar-refractivity contribution >= 4 is 0 Å². The third kappa shape index (κ3) is 1.79. The van der Waals surface area contributed by atoms with Crippen LogP contribution in [0.25, 0.3) is 5.69 Å². The number of tetrazole rings is 1. The molecule has 1 aromatic carbocycles. The smallest absolute Gasteiger partial charge is 0.170 e. The summed E-state index contributed by atoms with van der Waals surface area (Å²) in [5.41, 5.74) is 6.36. The fourth-order valence-corrected chi connectivity index (χ4v) is 1.26. The molecule has 0 bridgehead atoms. The van der Waals surface area contributed by atoms with E-state index in [1.54, 1.807) is 11.8 Å². The number of benzene rings is 1. The van der Waals surface area contributed by atoms with E-state index < -0.39 is 0 Å². The molecule has 0 spiro atoms. The van der Waals surface area contributed by atoms with E-state index in [0.29, 0.717) is 12.4 Å². The predicted molar refractivity (Wildman–Crippen MR) is 53.6 cm³/mol. The van der Waals surface area contributed by atoms with E-state index in [0.717, 1.165) is 11.4 Å². The van der Waals surface area contributed by atoms with Crippen LogP contribution in [0.3, 0.4) is 0 Å². The lowest BCUT2D eigenvalue weighted by Gasteiger charge is -2.03. The average molecular weight is 205 g/mol. The monoisotopic (exact) mass is 205 g/mol. The van der Waals surface area contributed by atoms with Gasteiger partial charge in [-0.1, -0.05) is 0 Å². The van der Waals surface area contributed by atoms with Gasteiger partial charge in [0.15, 0.2) is 5.82 Å². The van der Waals surface area contributed by atoms with Crippen molar-refractivity contribution in [3.8, 4) is 11.4 Å². The molecule has 6 heteroatoms. The summed E-state index contributed by atoms with van der Waals surface area (Å²) in [6, 6.07) is 7.43. The Morgan fingerprint density at radius 3 is 2.67 bits per heavy atom. The lowest BCUT2D eigenvalue weighted by molar-refractivity contribution is 0.414. The molecule has 0 aliphatic heterocycles. The minimum absolute atomic E-state index is 0.305. The Bertz CT molecular complexity index is 436. The van der Waals surface area contributed by atoms with Gasteiger partial charge in [-0.2, -0.15) is 4.68 Å². The van der Waals surface area contributed by atoms with E-state index >= 15 is 0 Å². The number of ether oxygens (including phenoxy) is 1. The van der Waals surface area contributed by atoms with Gasteiger partial charge in [0.25, 0.3) is 0 Å². The summed E-state index contributed by atoms with van der Waals surface area (Å²) >= 11 is 0. The minimum Gasteiger partial charge on any atom is -0.497 e. The van der Waals surface area contributed by atoms with Crippen LogP contribution in [0.4, 0.5) is 0 Å². The summed E-state index contributed by atoms with van der Waals surface area (Å²) in [7, 11) is 1.62. The van der Waals surface area contributed by atoms with Gasteiger partial charge in [0, 0.05) is 0 Å². The molecule has 0 fully saturated rings. The van der Waals surface area contributed by atoms with Gasteiger partial charge in [0.05, 0.1) is 19.3 Å². The number of aromatic nitrogens is 4. The summed E-state index contributed by atoms with van der Waals surface area (Å²) in [5, 5.41) is 11.2. The van der Waals surface area contributed by atoms with Crippen molar-refractivity contribution in [2.75, 3.05) is 7.11 Å². The molecule has 1 heterocycles. The molecule has 0 aliphatic rings. The number of hydrogen-bond donors (Lipinski definition) is 1. The van der Waals surface area contributed by atoms with Crippen LogP contribution >= 0.6 is 0 Å². The number of methoxy groups -OCH3 is 1. The van der Waals surface area contributed by atoms with Gasteiger partial charge in [0.1, 0.15) is 5.75 Å². The molecule has 0 aliphatic carbocycles. The molecule has 2 N–H and O–H groups in total. The van der Waals surface area contributed by atoms with Crippen LogP contribution in [0.1, 0.15) is 5.82 Å². The van der Waals surface area contributed by atoms with E-state index in [4.69, 9.17) is 10.5 Å². The van der Waals surface area contributed by atoms with Gasteiger partial charge in [-0.15, -0.1) is 5.10 Å². The summed E-state index contributed by atoms with van der Waals surface area (Å²) in [6.45, 7) is 0.305. The van der Waals surface area contributed by atoms with Crippen LogP contribution in [0.2, 0.25) is 0 Å². The van der Waals surface area contributed by atoms with Gasteiger partial charge in [-0.3, -0.25) is 0 Å². The Labute approximate surface area is 86.7 Å². The first-order valence-electron chi connectivity index (χ1n) is 4.47. The van der Waals surface area contributed by atoms with E-state index in [2.05, 4.69) is 15.5 Å². The molecular weight excluding hydrogens is 194 g/mol. The van der Waals surface area contributed by atoms with E-state index in [-0.39, 0.29) is 0 Å². The SMILES string of the molecule is COc1ccc(-n2nnnc2CN)cc1. The van der Waals surface area contributed by atoms with Crippen LogP contribution in [-0.2, 0) is 6.54 Å². The Morgan fingerprint density at radius 1 is 1.33 bits per heavy atom. The number of hydrogen-bond acceptors (Lipinski definition) is 5. The highest BCUT2D eigenvalue weighted by Crippen LogP contribution is 2.14. The first-order chi connectivity index (χ1) is 7.35. The third-order valence-corrected chi connectivity index (χ3v) is 2.03. The Morgan fingerprint density at radius 2 is 2.07 bits per heavy atom. The Hall–Kier alpha value is -1.95. The Balaban J connectivity index is 2.37. The second-order valence-corrected chi connectivity index (χ2v) is 2.91.